The summed E-state index contributed by atoms with van der Waals surface area (Å²) in [6, 6.07) is 14.8. The highest BCUT2D eigenvalue weighted by molar-refractivity contribution is 5.91. The van der Waals surface area contributed by atoms with Gasteiger partial charge >= 0.3 is 0 Å². The third-order valence-electron chi connectivity index (χ3n) is 7.38. The van der Waals surface area contributed by atoms with Crippen molar-refractivity contribution in [3.8, 4) is 0 Å². The van der Waals surface area contributed by atoms with Crippen molar-refractivity contribution in [2.75, 3.05) is 33.2 Å². The van der Waals surface area contributed by atoms with Crippen molar-refractivity contribution in [1.29, 1.82) is 0 Å². The van der Waals surface area contributed by atoms with E-state index in [1.165, 1.54) is 5.57 Å². The lowest BCUT2D eigenvalue weighted by molar-refractivity contribution is -0.125. The number of allylic oxidation sites excluding steroid dienone is 3. The Bertz CT molecular complexity index is 1120. The van der Waals surface area contributed by atoms with E-state index in [9.17, 15) is 14.5 Å². The van der Waals surface area contributed by atoms with Crippen LogP contribution in [0, 0.1) is 24.7 Å². The van der Waals surface area contributed by atoms with Gasteiger partial charge in [0.15, 0.2) is 0 Å². The van der Waals surface area contributed by atoms with E-state index in [-0.39, 0.29) is 0 Å². The molecule has 0 unspecified atom stereocenters. The summed E-state index contributed by atoms with van der Waals surface area (Å²) in [4.78, 5) is 39.1. The molecular formula is C31H41N5O3. The standard InChI is InChI=1S/C31H41N5O3/c1-23-6-10-28(11-7-23)31(35-39,29-12-8-24(2)9-13-29)30(38)33-16-5-17-36-18-14-26(15-19-36)27(21-32-4)20-25(3)34-22-37/h6-13,20-22,26,32H,5,14-19H2,1-4H3,(H,33,38)(H,34,37)/b25-20+,27-21+. The van der Waals surface area contributed by atoms with Crippen molar-refractivity contribution in [2.24, 2.45) is 11.1 Å². The Morgan fingerprint density at radius 1 is 1.03 bits per heavy atom. The molecular weight excluding hydrogens is 490 g/mol. The van der Waals surface area contributed by atoms with E-state index < -0.39 is 11.4 Å². The number of amides is 2. The van der Waals surface area contributed by atoms with Crippen LogP contribution in [0.25, 0.3) is 0 Å². The molecule has 0 aliphatic carbocycles. The van der Waals surface area contributed by atoms with Crippen LogP contribution in [0.4, 0.5) is 0 Å². The number of carbonyl (C=O) groups is 2. The van der Waals surface area contributed by atoms with Crippen molar-refractivity contribution in [3.05, 3.63) is 99.2 Å². The number of nitroso groups, excluding NO2 is 1. The third kappa shape index (κ3) is 7.63. The maximum atomic E-state index is 13.6. The molecule has 1 aliphatic rings. The van der Waals surface area contributed by atoms with Gasteiger partial charge < -0.3 is 20.9 Å². The lowest BCUT2D eigenvalue weighted by atomic mass is 9.82. The fourth-order valence-corrected chi connectivity index (χ4v) is 5.12. The van der Waals surface area contributed by atoms with Gasteiger partial charge in [-0.05, 0) is 99.7 Å². The summed E-state index contributed by atoms with van der Waals surface area (Å²) in [7, 11) is 1.88. The van der Waals surface area contributed by atoms with Crippen LogP contribution < -0.4 is 16.0 Å². The summed E-state index contributed by atoms with van der Waals surface area (Å²) in [5, 5.41) is 12.3. The maximum absolute atomic E-state index is 13.6. The van der Waals surface area contributed by atoms with Crippen molar-refractivity contribution in [2.45, 2.75) is 45.6 Å². The van der Waals surface area contributed by atoms with Crippen LogP contribution in [0.5, 0.6) is 0 Å². The summed E-state index contributed by atoms with van der Waals surface area (Å²) in [6.45, 7) is 9.05. The first-order valence-corrected chi connectivity index (χ1v) is 13.6. The van der Waals surface area contributed by atoms with Crippen molar-refractivity contribution >= 4 is 12.3 Å². The summed E-state index contributed by atoms with van der Waals surface area (Å²) in [5.41, 5.74) is 3.57. The fourth-order valence-electron chi connectivity index (χ4n) is 5.12. The van der Waals surface area contributed by atoms with Crippen LogP contribution in [0.3, 0.4) is 0 Å². The summed E-state index contributed by atoms with van der Waals surface area (Å²) in [6.07, 6.45) is 7.53. The number of aryl methyl sites for hydroxylation is 2. The second-order valence-corrected chi connectivity index (χ2v) is 10.3. The summed E-state index contributed by atoms with van der Waals surface area (Å²) >= 11 is 0. The summed E-state index contributed by atoms with van der Waals surface area (Å²) in [5.74, 6) is 0.0111. The number of rotatable bonds is 13. The molecule has 2 aromatic carbocycles. The van der Waals surface area contributed by atoms with Crippen molar-refractivity contribution < 1.29 is 9.59 Å². The molecule has 0 saturated carbocycles. The normalized spacial score (nSPS) is 15.5. The van der Waals surface area contributed by atoms with E-state index in [1.807, 2.05) is 88.6 Å². The Labute approximate surface area is 231 Å². The maximum Gasteiger partial charge on any atom is 0.260 e. The number of piperidine rings is 1. The molecule has 8 heteroatoms. The molecule has 0 atom stereocenters. The van der Waals surface area contributed by atoms with E-state index >= 15 is 0 Å². The van der Waals surface area contributed by atoms with E-state index in [1.54, 1.807) is 0 Å². The average Bonchev–Trinajstić information content (AvgIpc) is 2.94. The molecule has 0 bridgehead atoms. The smallest absolute Gasteiger partial charge is 0.260 e. The summed E-state index contributed by atoms with van der Waals surface area (Å²) < 4.78 is 0. The predicted molar refractivity (Wildman–Crippen MR) is 156 cm³/mol. The Morgan fingerprint density at radius 3 is 2.08 bits per heavy atom. The largest absolute Gasteiger partial charge is 0.394 e. The third-order valence-corrected chi connectivity index (χ3v) is 7.38. The minimum absolute atomic E-state index is 0.406. The molecule has 3 rings (SSSR count). The molecule has 1 saturated heterocycles. The van der Waals surface area contributed by atoms with Crippen LogP contribution in [0.2, 0.25) is 0 Å². The number of carbonyl (C=O) groups excluding carboxylic acids is 2. The van der Waals surface area contributed by atoms with Gasteiger partial charge in [0.2, 0.25) is 11.9 Å². The van der Waals surface area contributed by atoms with Crippen molar-refractivity contribution in [1.82, 2.24) is 20.9 Å². The lowest BCUT2D eigenvalue weighted by Gasteiger charge is -2.33. The van der Waals surface area contributed by atoms with Crippen LogP contribution in [0.15, 0.2) is 77.3 Å². The molecule has 3 N–H and O–H groups in total. The highest BCUT2D eigenvalue weighted by Crippen LogP contribution is 2.35. The van der Waals surface area contributed by atoms with Crippen molar-refractivity contribution in [3.63, 3.8) is 0 Å². The number of nitrogens with zero attached hydrogens (tertiary/aromatic N) is 2. The van der Waals surface area contributed by atoms with Gasteiger partial charge in [-0.3, -0.25) is 9.59 Å². The first-order chi connectivity index (χ1) is 18.8. The number of nitrogens with one attached hydrogen (secondary N) is 3. The minimum Gasteiger partial charge on any atom is -0.394 e. The zero-order valence-electron chi connectivity index (χ0n) is 23.5. The quantitative estimate of drug-likeness (QED) is 0.155. The number of likely N-dealkylation sites (tertiary alicyclic amines) is 1. The minimum atomic E-state index is -1.64. The molecule has 1 fully saturated rings. The molecule has 208 valence electrons. The predicted octanol–water partition coefficient (Wildman–Crippen LogP) is 4.28. The van der Waals surface area contributed by atoms with Gasteiger partial charge in [0, 0.05) is 19.3 Å². The van der Waals surface area contributed by atoms with E-state index in [4.69, 9.17) is 0 Å². The van der Waals surface area contributed by atoms with Crippen LogP contribution >= 0.6 is 0 Å². The number of benzene rings is 2. The molecule has 0 spiro atoms. The van der Waals surface area contributed by atoms with Crippen LogP contribution in [-0.2, 0) is 15.1 Å². The Hall–Kier alpha value is -3.78. The zero-order chi connectivity index (χ0) is 28.3. The lowest BCUT2D eigenvalue weighted by Crippen LogP contribution is -2.45. The van der Waals surface area contributed by atoms with E-state index in [0.29, 0.717) is 30.0 Å². The van der Waals surface area contributed by atoms with Gasteiger partial charge in [0.25, 0.3) is 5.91 Å². The van der Waals surface area contributed by atoms with Gasteiger partial charge in [-0.25, -0.2) is 0 Å². The molecule has 39 heavy (non-hydrogen) atoms. The highest BCUT2D eigenvalue weighted by atomic mass is 16.3. The molecule has 0 aromatic heterocycles. The van der Waals surface area contributed by atoms with Gasteiger partial charge in [0.1, 0.15) is 0 Å². The van der Waals surface area contributed by atoms with Gasteiger partial charge in [-0.1, -0.05) is 59.7 Å². The Morgan fingerprint density at radius 2 is 1.59 bits per heavy atom. The number of hydrogen-bond acceptors (Lipinski definition) is 6. The monoisotopic (exact) mass is 531 g/mol. The fraction of sp³-hybridized carbons (Fsp3) is 0.419. The Balaban J connectivity index is 1.59. The molecule has 1 heterocycles. The van der Waals surface area contributed by atoms with Gasteiger partial charge in [0.05, 0.1) is 0 Å². The molecule has 2 amide bonds. The highest BCUT2D eigenvalue weighted by Gasteiger charge is 2.44. The van der Waals surface area contributed by atoms with E-state index in [0.717, 1.165) is 55.7 Å². The molecule has 0 radical (unpaired) electrons. The molecule has 8 nitrogen and oxygen atoms in total. The first kappa shape index (κ1) is 29.8. The van der Waals surface area contributed by atoms with Crippen LogP contribution in [-0.4, -0.2) is 50.4 Å². The second-order valence-electron chi connectivity index (χ2n) is 10.3. The second kappa shape index (κ2) is 14.4. The first-order valence-electron chi connectivity index (χ1n) is 13.6. The zero-order valence-corrected chi connectivity index (χ0v) is 23.5. The topological polar surface area (TPSA) is 103 Å². The van der Waals surface area contributed by atoms with Gasteiger partial charge in [-0.15, -0.1) is 4.91 Å². The molecule has 2 aromatic rings. The van der Waals surface area contributed by atoms with Gasteiger partial charge in [-0.2, -0.15) is 0 Å². The molecule has 1 aliphatic heterocycles. The average molecular weight is 532 g/mol. The van der Waals surface area contributed by atoms with E-state index in [2.05, 4.69) is 26.0 Å². The SMILES string of the molecule is CN/C=C(\C=C(/C)NC=O)C1CCN(CCCNC(=O)C(N=O)(c2ccc(C)cc2)c2ccc(C)cc2)CC1. The number of hydrogen-bond donors (Lipinski definition) is 3. The van der Waals surface area contributed by atoms with Crippen LogP contribution in [0.1, 0.15) is 48.4 Å². The Kier molecular flexibility index (Phi) is 11.0.